The highest BCUT2D eigenvalue weighted by Crippen LogP contribution is 2.43. The fraction of sp³-hybridized carbons (Fsp3) is 0.118. The zero-order chi connectivity index (χ0) is 27.7. The van der Waals surface area contributed by atoms with Crippen LogP contribution in [-0.2, 0) is 5.41 Å². The van der Waals surface area contributed by atoms with E-state index in [1.807, 2.05) is 72.8 Å². The fourth-order valence-corrected chi connectivity index (χ4v) is 5.66. The van der Waals surface area contributed by atoms with Crippen LogP contribution in [0.3, 0.4) is 0 Å². The van der Waals surface area contributed by atoms with Gasteiger partial charge in [-0.1, -0.05) is 39.0 Å². The third-order valence-electron chi connectivity index (χ3n) is 6.54. The summed E-state index contributed by atoms with van der Waals surface area (Å²) in [5.41, 5.74) is 5.05. The molecule has 0 amide bonds. The highest BCUT2D eigenvalue weighted by atomic mass is 79.9. The van der Waals surface area contributed by atoms with Crippen LogP contribution in [0.2, 0.25) is 0 Å². The molecular formula is C34H27BrN2O2S. The van der Waals surface area contributed by atoms with Gasteiger partial charge < -0.3 is 9.47 Å². The number of ether oxygens (including phenoxy) is 2. The van der Waals surface area contributed by atoms with Gasteiger partial charge in [-0.05, 0) is 112 Å². The van der Waals surface area contributed by atoms with Crippen LogP contribution in [-0.4, -0.2) is 9.97 Å². The van der Waals surface area contributed by atoms with Crippen molar-refractivity contribution in [2.45, 2.75) is 26.2 Å². The summed E-state index contributed by atoms with van der Waals surface area (Å²) in [6, 6.07) is 34.3. The molecule has 4 nitrogen and oxygen atoms in total. The number of fused-ring (bicyclic) bond motifs is 1. The number of halogens is 1. The molecule has 2 aromatic heterocycles. The molecule has 0 N–H and O–H groups in total. The van der Waals surface area contributed by atoms with Crippen LogP contribution < -0.4 is 9.47 Å². The smallest absolute Gasteiger partial charge is 0.145 e. The maximum Gasteiger partial charge on any atom is 0.145 e. The van der Waals surface area contributed by atoms with Gasteiger partial charge in [-0.3, -0.25) is 4.98 Å². The van der Waals surface area contributed by atoms with E-state index in [9.17, 15) is 0 Å². The van der Waals surface area contributed by atoms with Gasteiger partial charge in [-0.25, -0.2) is 4.98 Å². The van der Waals surface area contributed by atoms with Crippen molar-refractivity contribution < 1.29 is 9.47 Å². The van der Waals surface area contributed by atoms with Gasteiger partial charge in [0.05, 0.1) is 15.9 Å². The molecule has 0 saturated carbocycles. The van der Waals surface area contributed by atoms with Crippen molar-refractivity contribution in [1.29, 1.82) is 0 Å². The molecule has 2 heterocycles. The standard InChI is InChI=1S/C34H27BrN2O2S/c1-34(2,3)24-20-29(38-25-15-11-22(12-16-25)27-8-6-7-19-36-27)32(35)30(21-24)39-26-17-13-23(14-18-26)33-37-28-9-4-5-10-31(28)40-33/h4-21H,1-3H3. The largest absolute Gasteiger partial charge is 0.456 e. The lowest BCUT2D eigenvalue weighted by Gasteiger charge is -2.22. The van der Waals surface area contributed by atoms with E-state index in [0.717, 1.165) is 48.9 Å². The van der Waals surface area contributed by atoms with Gasteiger partial charge in [0.2, 0.25) is 0 Å². The minimum absolute atomic E-state index is 0.101. The van der Waals surface area contributed by atoms with Crippen molar-refractivity contribution in [3.05, 3.63) is 119 Å². The Morgan fingerprint density at radius 1 is 0.700 bits per heavy atom. The van der Waals surface area contributed by atoms with E-state index in [2.05, 4.69) is 72.0 Å². The number of para-hydroxylation sites is 1. The molecule has 6 rings (SSSR count). The third-order valence-corrected chi connectivity index (χ3v) is 8.40. The molecule has 40 heavy (non-hydrogen) atoms. The average Bonchev–Trinajstić information content (AvgIpc) is 3.40. The Hall–Kier alpha value is -4.00. The van der Waals surface area contributed by atoms with Gasteiger partial charge in [0, 0.05) is 17.3 Å². The molecule has 0 aliphatic rings. The van der Waals surface area contributed by atoms with Gasteiger partial charge in [-0.15, -0.1) is 11.3 Å². The minimum atomic E-state index is -0.101. The Labute approximate surface area is 246 Å². The Kier molecular flexibility index (Phi) is 7.13. The Morgan fingerprint density at radius 3 is 1.88 bits per heavy atom. The van der Waals surface area contributed by atoms with E-state index >= 15 is 0 Å². The van der Waals surface area contributed by atoms with Gasteiger partial charge in [0.1, 0.15) is 32.5 Å². The molecule has 4 aromatic carbocycles. The molecule has 0 atom stereocenters. The van der Waals surface area contributed by atoms with Crippen molar-refractivity contribution in [3.63, 3.8) is 0 Å². The van der Waals surface area contributed by atoms with E-state index in [4.69, 9.17) is 14.5 Å². The van der Waals surface area contributed by atoms with Crippen molar-refractivity contribution in [2.75, 3.05) is 0 Å². The van der Waals surface area contributed by atoms with Crippen molar-refractivity contribution in [2.24, 2.45) is 0 Å². The van der Waals surface area contributed by atoms with Crippen LogP contribution in [0.4, 0.5) is 0 Å². The number of hydrogen-bond acceptors (Lipinski definition) is 5. The predicted molar refractivity (Wildman–Crippen MR) is 168 cm³/mol. The first-order valence-electron chi connectivity index (χ1n) is 13.0. The summed E-state index contributed by atoms with van der Waals surface area (Å²) < 4.78 is 14.7. The second kappa shape index (κ2) is 10.9. The number of benzene rings is 4. The number of aromatic nitrogens is 2. The number of thiazole rings is 1. The van der Waals surface area contributed by atoms with Gasteiger partial charge in [0.15, 0.2) is 0 Å². The van der Waals surface area contributed by atoms with E-state index in [1.54, 1.807) is 17.5 Å². The maximum atomic E-state index is 6.40. The van der Waals surface area contributed by atoms with E-state index < -0.39 is 0 Å². The molecule has 0 saturated heterocycles. The van der Waals surface area contributed by atoms with Crippen LogP contribution in [0.5, 0.6) is 23.0 Å². The van der Waals surface area contributed by atoms with Crippen LogP contribution in [0.25, 0.3) is 32.0 Å². The molecule has 0 bridgehead atoms. The SMILES string of the molecule is CC(C)(C)c1cc(Oc2ccc(-c3ccccn3)cc2)c(Br)c(Oc2ccc(-c3nc4ccccc4s3)cc2)c1. The van der Waals surface area contributed by atoms with Crippen LogP contribution >= 0.6 is 27.3 Å². The summed E-state index contributed by atoms with van der Waals surface area (Å²) in [6.07, 6.45) is 1.80. The third kappa shape index (κ3) is 5.64. The summed E-state index contributed by atoms with van der Waals surface area (Å²) in [5.74, 6) is 2.86. The highest BCUT2D eigenvalue weighted by molar-refractivity contribution is 9.10. The second-order valence-electron chi connectivity index (χ2n) is 10.5. The minimum Gasteiger partial charge on any atom is -0.456 e. The molecule has 0 aliphatic carbocycles. The van der Waals surface area contributed by atoms with Crippen molar-refractivity contribution >= 4 is 37.5 Å². The molecule has 0 radical (unpaired) electrons. The topological polar surface area (TPSA) is 44.2 Å². The maximum absolute atomic E-state index is 6.40. The normalized spacial score (nSPS) is 11.5. The molecule has 0 aliphatic heterocycles. The number of hydrogen-bond donors (Lipinski definition) is 0. The summed E-state index contributed by atoms with van der Waals surface area (Å²) in [6.45, 7) is 6.54. The Bertz CT molecular complexity index is 1740. The van der Waals surface area contributed by atoms with E-state index in [1.165, 1.54) is 4.70 Å². The quantitative estimate of drug-likeness (QED) is 0.189. The summed E-state index contributed by atoms with van der Waals surface area (Å²) >= 11 is 5.44. The lowest BCUT2D eigenvalue weighted by atomic mass is 9.87. The van der Waals surface area contributed by atoms with Crippen molar-refractivity contribution in [1.82, 2.24) is 9.97 Å². The zero-order valence-electron chi connectivity index (χ0n) is 22.4. The van der Waals surface area contributed by atoms with E-state index in [0.29, 0.717) is 11.5 Å². The number of nitrogens with zero attached hydrogens (tertiary/aromatic N) is 2. The first-order chi connectivity index (χ1) is 19.3. The first-order valence-corrected chi connectivity index (χ1v) is 14.6. The molecule has 198 valence electrons. The number of rotatable bonds is 6. The van der Waals surface area contributed by atoms with Gasteiger partial charge >= 0.3 is 0 Å². The molecule has 0 unspecified atom stereocenters. The fourth-order valence-electron chi connectivity index (χ4n) is 4.30. The lowest BCUT2D eigenvalue weighted by molar-refractivity contribution is 0.449. The van der Waals surface area contributed by atoms with E-state index in [-0.39, 0.29) is 5.41 Å². The zero-order valence-corrected chi connectivity index (χ0v) is 24.8. The molecule has 6 aromatic rings. The summed E-state index contributed by atoms with van der Waals surface area (Å²) in [7, 11) is 0. The van der Waals surface area contributed by atoms with Crippen LogP contribution in [0.15, 0.2) is 114 Å². The first kappa shape index (κ1) is 26.2. The lowest BCUT2D eigenvalue weighted by Crippen LogP contribution is -2.11. The number of pyridine rings is 1. The van der Waals surface area contributed by atoms with Crippen LogP contribution in [0, 0.1) is 0 Å². The van der Waals surface area contributed by atoms with Gasteiger partial charge in [0.25, 0.3) is 0 Å². The summed E-state index contributed by atoms with van der Waals surface area (Å²) in [4.78, 5) is 9.21. The highest BCUT2D eigenvalue weighted by Gasteiger charge is 2.21. The average molecular weight is 608 g/mol. The summed E-state index contributed by atoms with van der Waals surface area (Å²) in [5, 5.41) is 0.994. The molecule has 0 fully saturated rings. The second-order valence-corrected chi connectivity index (χ2v) is 12.3. The van der Waals surface area contributed by atoms with Crippen LogP contribution in [0.1, 0.15) is 26.3 Å². The Morgan fingerprint density at radius 2 is 1.30 bits per heavy atom. The molecule has 6 heteroatoms. The molecular weight excluding hydrogens is 580 g/mol. The monoisotopic (exact) mass is 606 g/mol. The predicted octanol–water partition coefficient (Wildman–Crippen LogP) is 10.7. The van der Waals surface area contributed by atoms with Gasteiger partial charge in [-0.2, -0.15) is 0 Å². The molecule has 0 spiro atoms. The van der Waals surface area contributed by atoms with Crippen molar-refractivity contribution in [3.8, 4) is 44.8 Å². The Balaban J connectivity index is 1.27.